The van der Waals surface area contributed by atoms with Crippen LogP contribution >= 0.6 is 0 Å². The lowest BCUT2D eigenvalue weighted by Gasteiger charge is -2.22. The van der Waals surface area contributed by atoms with Crippen LogP contribution in [0.2, 0.25) is 0 Å². The number of carbonyl (C=O) groups excluding carboxylic acids is 1. The highest BCUT2D eigenvalue weighted by molar-refractivity contribution is 5.80. The molecular formula is C20H24FN3O2. The van der Waals surface area contributed by atoms with Gasteiger partial charge in [0.1, 0.15) is 11.6 Å². The van der Waals surface area contributed by atoms with Crippen LogP contribution in [0.1, 0.15) is 35.7 Å². The first-order valence-electron chi connectivity index (χ1n) is 8.68. The van der Waals surface area contributed by atoms with Crippen molar-refractivity contribution in [3.63, 3.8) is 0 Å². The summed E-state index contributed by atoms with van der Waals surface area (Å²) in [6.07, 6.45) is 0. The molecule has 0 radical (unpaired) electrons. The van der Waals surface area contributed by atoms with Gasteiger partial charge in [0.05, 0.1) is 25.1 Å². The molecule has 6 heteroatoms. The number of amides is 1. The fourth-order valence-electron chi connectivity index (χ4n) is 3.32. The minimum Gasteiger partial charge on any atom is -0.496 e. The van der Waals surface area contributed by atoms with Crippen molar-refractivity contribution in [1.29, 1.82) is 0 Å². The maximum Gasteiger partial charge on any atom is 0.226 e. The highest BCUT2D eigenvalue weighted by Gasteiger charge is 2.34. The van der Waals surface area contributed by atoms with E-state index in [2.05, 4.69) is 16.2 Å². The van der Waals surface area contributed by atoms with E-state index >= 15 is 0 Å². The van der Waals surface area contributed by atoms with Gasteiger partial charge >= 0.3 is 0 Å². The average molecular weight is 357 g/mol. The molecule has 1 saturated heterocycles. The Morgan fingerprint density at radius 1 is 1.27 bits per heavy atom. The van der Waals surface area contributed by atoms with Crippen LogP contribution in [0.3, 0.4) is 0 Å². The highest BCUT2D eigenvalue weighted by atomic mass is 19.1. The summed E-state index contributed by atoms with van der Waals surface area (Å²) in [6.45, 7) is 4.45. The largest absolute Gasteiger partial charge is 0.496 e. The predicted octanol–water partition coefficient (Wildman–Crippen LogP) is 2.79. The quantitative estimate of drug-likeness (QED) is 0.770. The normalized spacial score (nSPS) is 20.6. The summed E-state index contributed by atoms with van der Waals surface area (Å²) in [4.78, 5) is 12.9. The molecular weight excluding hydrogens is 333 g/mol. The molecule has 3 N–H and O–H groups in total. The number of ether oxygens (including phenoxy) is 1. The number of nitrogens with one attached hydrogen (secondary N) is 3. The fraction of sp³-hybridized carbons (Fsp3) is 0.350. The zero-order chi connectivity index (χ0) is 18.7. The second kappa shape index (κ2) is 7.85. The third-order valence-corrected chi connectivity index (χ3v) is 4.76. The van der Waals surface area contributed by atoms with Crippen molar-refractivity contribution in [1.82, 2.24) is 16.2 Å². The number of benzene rings is 2. The molecule has 1 aliphatic rings. The first-order valence-corrected chi connectivity index (χ1v) is 8.68. The van der Waals surface area contributed by atoms with Gasteiger partial charge in [0.25, 0.3) is 0 Å². The van der Waals surface area contributed by atoms with Crippen molar-refractivity contribution in [3.8, 4) is 5.75 Å². The summed E-state index contributed by atoms with van der Waals surface area (Å²) in [5.74, 6) is 0.105. The van der Waals surface area contributed by atoms with Crippen LogP contribution < -0.4 is 20.9 Å². The van der Waals surface area contributed by atoms with Gasteiger partial charge in [-0.15, -0.1) is 0 Å². The summed E-state index contributed by atoms with van der Waals surface area (Å²) >= 11 is 0. The second-order valence-corrected chi connectivity index (χ2v) is 6.64. The van der Waals surface area contributed by atoms with Crippen molar-refractivity contribution in [3.05, 3.63) is 65.0 Å². The molecule has 0 aromatic heterocycles. The third-order valence-electron chi connectivity index (χ3n) is 4.76. The lowest BCUT2D eigenvalue weighted by atomic mass is 9.93. The van der Waals surface area contributed by atoms with Crippen LogP contribution in [-0.4, -0.2) is 19.6 Å². The van der Waals surface area contributed by atoms with E-state index in [1.165, 1.54) is 12.1 Å². The van der Waals surface area contributed by atoms with Crippen LogP contribution in [-0.2, 0) is 4.79 Å². The number of carbonyl (C=O) groups is 1. The number of halogens is 1. The van der Waals surface area contributed by atoms with E-state index in [1.807, 2.05) is 32.0 Å². The molecule has 138 valence electrons. The SMILES string of the molecule is COc1ccc(C)cc1C(C)NC(=O)C1CNNC1c1ccc(F)cc1. The first kappa shape index (κ1) is 18.4. The molecule has 0 bridgehead atoms. The lowest BCUT2D eigenvalue weighted by Crippen LogP contribution is -2.36. The Labute approximate surface area is 152 Å². The maximum atomic E-state index is 13.2. The van der Waals surface area contributed by atoms with E-state index in [0.29, 0.717) is 6.54 Å². The van der Waals surface area contributed by atoms with Crippen LogP contribution in [0.5, 0.6) is 5.75 Å². The molecule has 0 saturated carbocycles. The van der Waals surface area contributed by atoms with E-state index in [4.69, 9.17) is 4.74 Å². The second-order valence-electron chi connectivity index (χ2n) is 6.64. The Hall–Kier alpha value is -2.44. The Kier molecular flexibility index (Phi) is 5.54. The minimum atomic E-state index is -0.293. The lowest BCUT2D eigenvalue weighted by molar-refractivity contribution is -0.125. The van der Waals surface area contributed by atoms with Gasteiger partial charge in [0.2, 0.25) is 5.91 Å². The zero-order valence-electron chi connectivity index (χ0n) is 15.2. The highest BCUT2D eigenvalue weighted by Crippen LogP contribution is 2.29. The average Bonchev–Trinajstić information content (AvgIpc) is 3.12. The van der Waals surface area contributed by atoms with Crippen LogP contribution in [0.25, 0.3) is 0 Å². The summed E-state index contributed by atoms with van der Waals surface area (Å²) in [5, 5.41) is 3.08. The molecule has 0 aliphatic carbocycles. The van der Waals surface area contributed by atoms with Gasteiger partial charge in [0.15, 0.2) is 0 Å². The van der Waals surface area contributed by atoms with Crippen LogP contribution in [0, 0.1) is 18.7 Å². The van der Waals surface area contributed by atoms with Gasteiger partial charge in [-0.2, -0.15) is 0 Å². The summed E-state index contributed by atoms with van der Waals surface area (Å²) in [5.41, 5.74) is 9.06. The van der Waals surface area contributed by atoms with Crippen molar-refractivity contribution in [2.24, 2.45) is 5.92 Å². The topological polar surface area (TPSA) is 62.4 Å². The van der Waals surface area contributed by atoms with Crippen molar-refractivity contribution in [2.75, 3.05) is 13.7 Å². The number of methoxy groups -OCH3 is 1. The standard InChI is InChI=1S/C20H24FN3O2/c1-12-4-9-18(26-3)16(10-12)13(2)23-20(25)17-11-22-24-19(17)14-5-7-15(21)8-6-14/h4-10,13,17,19,22,24H,11H2,1-3H3,(H,23,25). The predicted molar refractivity (Wildman–Crippen MR) is 98.1 cm³/mol. The van der Waals surface area contributed by atoms with Gasteiger partial charge in [0, 0.05) is 12.1 Å². The monoisotopic (exact) mass is 357 g/mol. The molecule has 26 heavy (non-hydrogen) atoms. The van der Waals surface area contributed by atoms with Crippen molar-refractivity contribution >= 4 is 5.91 Å². The molecule has 2 aromatic rings. The number of hydrazine groups is 1. The first-order chi connectivity index (χ1) is 12.5. The Balaban J connectivity index is 1.74. The number of hydrogen-bond donors (Lipinski definition) is 3. The number of aryl methyl sites for hydroxylation is 1. The fourth-order valence-corrected chi connectivity index (χ4v) is 3.32. The molecule has 2 aromatic carbocycles. The van der Waals surface area contributed by atoms with E-state index in [9.17, 15) is 9.18 Å². The van der Waals surface area contributed by atoms with E-state index in [1.54, 1.807) is 19.2 Å². The Morgan fingerprint density at radius 2 is 2.00 bits per heavy atom. The Morgan fingerprint density at radius 3 is 2.69 bits per heavy atom. The van der Waals surface area contributed by atoms with E-state index < -0.39 is 0 Å². The molecule has 1 fully saturated rings. The van der Waals surface area contributed by atoms with Crippen LogP contribution in [0.4, 0.5) is 4.39 Å². The zero-order valence-corrected chi connectivity index (χ0v) is 15.2. The van der Waals surface area contributed by atoms with Gasteiger partial charge < -0.3 is 10.1 Å². The molecule has 1 heterocycles. The molecule has 3 rings (SSSR count). The van der Waals surface area contributed by atoms with Gasteiger partial charge in [-0.3, -0.25) is 10.2 Å². The van der Waals surface area contributed by atoms with E-state index in [0.717, 1.165) is 22.4 Å². The summed E-state index contributed by atoms with van der Waals surface area (Å²) in [6, 6.07) is 11.7. The number of rotatable bonds is 5. The van der Waals surface area contributed by atoms with Gasteiger partial charge in [-0.1, -0.05) is 29.8 Å². The Bertz CT molecular complexity index is 779. The summed E-state index contributed by atoms with van der Waals surface area (Å²) < 4.78 is 18.6. The molecule has 3 atom stereocenters. The van der Waals surface area contributed by atoms with Gasteiger partial charge in [-0.05, 0) is 37.6 Å². The summed E-state index contributed by atoms with van der Waals surface area (Å²) in [7, 11) is 1.62. The van der Waals surface area contributed by atoms with Crippen LogP contribution in [0.15, 0.2) is 42.5 Å². The third kappa shape index (κ3) is 3.86. The molecule has 0 spiro atoms. The maximum absolute atomic E-state index is 13.2. The molecule has 1 aliphatic heterocycles. The van der Waals surface area contributed by atoms with Crippen molar-refractivity contribution in [2.45, 2.75) is 25.9 Å². The molecule has 3 unspecified atom stereocenters. The molecule has 1 amide bonds. The van der Waals surface area contributed by atoms with Gasteiger partial charge in [-0.25, -0.2) is 9.82 Å². The van der Waals surface area contributed by atoms with Crippen molar-refractivity contribution < 1.29 is 13.9 Å². The molecule has 5 nitrogen and oxygen atoms in total. The minimum absolute atomic E-state index is 0.0621. The van der Waals surface area contributed by atoms with E-state index in [-0.39, 0.29) is 29.7 Å². The number of hydrogen-bond acceptors (Lipinski definition) is 4. The smallest absolute Gasteiger partial charge is 0.226 e.